The van der Waals surface area contributed by atoms with Crippen LogP contribution in [-0.2, 0) is 9.53 Å². The number of carbonyl (C=O) groups excluding carboxylic acids is 1. The maximum Gasteiger partial charge on any atom is 0.259 e. The number of hydrogen-bond acceptors (Lipinski definition) is 3. The zero-order valence-electron chi connectivity index (χ0n) is 9.18. The number of allylic oxidation sites excluding steroid dienone is 2. The SMILES string of the molecule is COC(C)N1C=NC2CC(Br)=CC=C2C1=O. The van der Waals surface area contributed by atoms with E-state index in [1.165, 1.54) is 4.90 Å². The van der Waals surface area contributed by atoms with E-state index >= 15 is 0 Å². The van der Waals surface area contributed by atoms with Crippen LogP contribution in [0, 0.1) is 0 Å². The number of ether oxygens (including phenoxy) is 1. The Hall–Kier alpha value is -0.940. The van der Waals surface area contributed by atoms with Crippen molar-refractivity contribution in [1.82, 2.24) is 4.90 Å². The fraction of sp³-hybridized carbons (Fsp3) is 0.455. The van der Waals surface area contributed by atoms with Gasteiger partial charge in [0.15, 0.2) is 0 Å². The van der Waals surface area contributed by atoms with Crippen molar-refractivity contribution in [3.05, 3.63) is 22.2 Å². The summed E-state index contributed by atoms with van der Waals surface area (Å²) in [6.45, 7) is 1.82. The van der Waals surface area contributed by atoms with Crippen LogP contribution in [0.4, 0.5) is 0 Å². The Balaban J connectivity index is 2.28. The summed E-state index contributed by atoms with van der Waals surface area (Å²) in [6.07, 6.45) is 5.77. The van der Waals surface area contributed by atoms with E-state index in [0.29, 0.717) is 0 Å². The van der Waals surface area contributed by atoms with Crippen LogP contribution in [0.15, 0.2) is 27.2 Å². The molecule has 4 nitrogen and oxygen atoms in total. The first-order valence-corrected chi connectivity index (χ1v) is 5.87. The summed E-state index contributed by atoms with van der Waals surface area (Å²) in [5, 5.41) is 0. The van der Waals surface area contributed by atoms with Crippen molar-refractivity contribution in [2.45, 2.75) is 25.6 Å². The van der Waals surface area contributed by atoms with Gasteiger partial charge in [-0.15, -0.1) is 0 Å². The van der Waals surface area contributed by atoms with Crippen LogP contribution in [0.1, 0.15) is 13.3 Å². The van der Waals surface area contributed by atoms with Crippen molar-refractivity contribution in [2.24, 2.45) is 4.99 Å². The Morgan fingerprint density at radius 3 is 3.06 bits per heavy atom. The predicted molar refractivity (Wildman–Crippen MR) is 65.3 cm³/mol. The van der Waals surface area contributed by atoms with Gasteiger partial charge in [0.05, 0.1) is 12.4 Å². The normalized spacial score (nSPS) is 26.1. The Labute approximate surface area is 103 Å². The Morgan fingerprint density at radius 2 is 2.38 bits per heavy atom. The van der Waals surface area contributed by atoms with Crippen molar-refractivity contribution in [1.29, 1.82) is 0 Å². The molecule has 0 aromatic heterocycles. The maximum absolute atomic E-state index is 12.1. The van der Waals surface area contributed by atoms with Crippen molar-refractivity contribution in [3.8, 4) is 0 Å². The van der Waals surface area contributed by atoms with Crippen LogP contribution >= 0.6 is 15.9 Å². The van der Waals surface area contributed by atoms with Gasteiger partial charge in [-0.3, -0.25) is 14.7 Å². The second kappa shape index (κ2) is 4.51. The van der Waals surface area contributed by atoms with Gasteiger partial charge in [0.25, 0.3) is 5.91 Å². The minimum Gasteiger partial charge on any atom is -0.361 e. The number of nitrogens with zero attached hydrogens (tertiary/aromatic N) is 2. The molecule has 1 aliphatic carbocycles. The van der Waals surface area contributed by atoms with E-state index in [2.05, 4.69) is 20.9 Å². The Morgan fingerprint density at radius 1 is 1.62 bits per heavy atom. The van der Waals surface area contributed by atoms with Gasteiger partial charge < -0.3 is 4.74 Å². The molecule has 0 bridgehead atoms. The summed E-state index contributed by atoms with van der Waals surface area (Å²) in [5.41, 5.74) is 0.731. The molecule has 0 spiro atoms. The third kappa shape index (κ3) is 1.97. The molecule has 0 aromatic carbocycles. The molecule has 0 aromatic rings. The Bertz CT molecular complexity index is 401. The number of aliphatic imine (C=N–C) groups is 1. The minimum atomic E-state index is -0.285. The van der Waals surface area contributed by atoms with E-state index in [0.717, 1.165) is 16.5 Å². The third-order valence-corrected chi connectivity index (χ3v) is 3.36. The summed E-state index contributed by atoms with van der Waals surface area (Å²) in [5.74, 6) is -0.0226. The second-order valence-electron chi connectivity index (χ2n) is 3.77. The van der Waals surface area contributed by atoms with Gasteiger partial charge in [-0.25, -0.2) is 0 Å². The van der Waals surface area contributed by atoms with Crippen LogP contribution < -0.4 is 0 Å². The summed E-state index contributed by atoms with van der Waals surface area (Å²) in [6, 6.07) is -0.0489. The van der Waals surface area contributed by atoms with Gasteiger partial charge in [-0.2, -0.15) is 0 Å². The van der Waals surface area contributed by atoms with Gasteiger partial charge in [-0.05, 0) is 11.4 Å². The first-order valence-electron chi connectivity index (χ1n) is 5.08. The second-order valence-corrected chi connectivity index (χ2v) is 4.79. The average molecular weight is 285 g/mol. The molecule has 16 heavy (non-hydrogen) atoms. The average Bonchev–Trinajstić information content (AvgIpc) is 2.28. The smallest absolute Gasteiger partial charge is 0.259 e. The molecule has 1 aliphatic heterocycles. The van der Waals surface area contributed by atoms with Gasteiger partial charge in [0.2, 0.25) is 0 Å². The quantitative estimate of drug-likeness (QED) is 0.776. The molecule has 86 valence electrons. The van der Waals surface area contributed by atoms with E-state index in [-0.39, 0.29) is 18.2 Å². The highest BCUT2D eigenvalue weighted by Gasteiger charge is 2.32. The molecule has 0 radical (unpaired) electrons. The standard InChI is InChI=1S/C11H13BrN2O2/c1-7(16-2)14-6-13-10-5-8(12)3-4-9(10)11(14)15/h3-4,6-7,10H,5H2,1-2H3. The highest BCUT2D eigenvalue weighted by molar-refractivity contribution is 9.11. The van der Waals surface area contributed by atoms with Crippen molar-refractivity contribution >= 4 is 28.2 Å². The van der Waals surface area contributed by atoms with E-state index in [4.69, 9.17) is 4.74 Å². The summed E-state index contributed by atoms with van der Waals surface area (Å²) in [4.78, 5) is 18.0. The summed E-state index contributed by atoms with van der Waals surface area (Å²) >= 11 is 3.42. The lowest BCUT2D eigenvalue weighted by molar-refractivity contribution is -0.131. The molecular weight excluding hydrogens is 272 g/mol. The van der Waals surface area contributed by atoms with Crippen LogP contribution in [-0.4, -0.2) is 36.5 Å². The number of hydrogen-bond donors (Lipinski definition) is 0. The lowest BCUT2D eigenvalue weighted by Crippen LogP contribution is -2.45. The molecule has 0 fully saturated rings. The summed E-state index contributed by atoms with van der Waals surface area (Å²) in [7, 11) is 1.57. The van der Waals surface area contributed by atoms with Gasteiger partial charge >= 0.3 is 0 Å². The zero-order valence-corrected chi connectivity index (χ0v) is 10.8. The van der Waals surface area contributed by atoms with Crippen LogP contribution in [0.25, 0.3) is 0 Å². The first kappa shape index (κ1) is 11.5. The molecule has 1 heterocycles. The minimum absolute atomic E-state index is 0.0226. The fourth-order valence-corrected chi connectivity index (χ4v) is 2.17. The lowest BCUT2D eigenvalue weighted by atomic mass is 9.97. The number of rotatable bonds is 2. The molecule has 5 heteroatoms. The molecular formula is C11H13BrN2O2. The molecule has 0 saturated heterocycles. The predicted octanol–water partition coefficient (Wildman–Crippen LogP) is 1.83. The van der Waals surface area contributed by atoms with E-state index < -0.39 is 0 Å². The highest BCUT2D eigenvalue weighted by Crippen LogP contribution is 2.29. The molecule has 2 rings (SSSR count). The largest absolute Gasteiger partial charge is 0.361 e. The molecule has 0 saturated carbocycles. The number of methoxy groups -OCH3 is 1. The van der Waals surface area contributed by atoms with Gasteiger partial charge in [-0.1, -0.05) is 28.1 Å². The van der Waals surface area contributed by atoms with Gasteiger partial charge in [0, 0.05) is 19.1 Å². The van der Waals surface area contributed by atoms with Crippen molar-refractivity contribution in [3.63, 3.8) is 0 Å². The van der Waals surface area contributed by atoms with E-state index in [1.807, 2.05) is 19.1 Å². The molecule has 2 unspecified atom stereocenters. The van der Waals surface area contributed by atoms with Gasteiger partial charge in [0.1, 0.15) is 6.23 Å². The summed E-state index contributed by atoms with van der Waals surface area (Å²) < 4.78 is 6.19. The van der Waals surface area contributed by atoms with Crippen LogP contribution in [0.2, 0.25) is 0 Å². The topological polar surface area (TPSA) is 41.9 Å². The molecule has 2 atom stereocenters. The number of amides is 1. The zero-order chi connectivity index (χ0) is 11.7. The lowest BCUT2D eigenvalue weighted by Gasteiger charge is -2.32. The first-order chi connectivity index (χ1) is 7.63. The highest BCUT2D eigenvalue weighted by atomic mass is 79.9. The number of halogens is 1. The van der Waals surface area contributed by atoms with Crippen LogP contribution in [0.5, 0.6) is 0 Å². The maximum atomic E-state index is 12.1. The molecule has 2 aliphatic rings. The monoisotopic (exact) mass is 284 g/mol. The van der Waals surface area contributed by atoms with Crippen molar-refractivity contribution < 1.29 is 9.53 Å². The van der Waals surface area contributed by atoms with Crippen molar-refractivity contribution in [2.75, 3.05) is 7.11 Å². The van der Waals surface area contributed by atoms with Crippen LogP contribution in [0.3, 0.4) is 0 Å². The van der Waals surface area contributed by atoms with E-state index in [9.17, 15) is 4.79 Å². The van der Waals surface area contributed by atoms with E-state index in [1.54, 1.807) is 13.4 Å². The molecule has 0 N–H and O–H groups in total. The number of fused-ring (bicyclic) bond motifs is 1. The Kier molecular flexibility index (Phi) is 3.25. The fourth-order valence-electron chi connectivity index (χ4n) is 1.73. The third-order valence-electron chi connectivity index (χ3n) is 2.78. The molecule has 1 amide bonds. The number of carbonyl (C=O) groups is 1.